The van der Waals surface area contributed by atoms with Gasteiger partial charge in [-0.2, -0.15) is 0 Å². The summed E-state index contributed by atoms with van der Waals surface area (Å²) in [5.41, 5.74) is 0.00230. The van der Waals surface area contributed by atoms with E-state index < -0.39 is 4.92 Å². The molecular formula is C13H20N4O6. The Labute approximate surface area is 133 Å². The number of ether oxygens (including phenoxy) is 2. The predicted molar refractivity (Wildman–Crippen MR) is 80.0 cm³/mol. The highest BCUT2D eigenvalue weighted by molar-refractivity contribution is 5.54. The van der Waals surface area contributed by atoms with E-state index >= 15 is 0 Å². The van der Waals surface area contributed by atoms with E-state index in [1.165, 1.54) is 31.4 Å². The maximum atomic E-state index is 11.6. The van der Waals surface area contributed by atoms with Gasteiger partial charge in [-0.3, -0.25) is 10.1 Å². The molecular weight excluding hydrogens is 308 g/mol. The van der Waals surface area contributed by atoms with Crippen molar-refractivity contribution in [2.45, 2.75) is 20.5 Å². The molecule has 0 bridgehead atoms. The number of rotatable bonds is 9. The minimum atomic E-state index is -0.569. The summed E-state index contributed by atoms with van der Waals surface area (Å²) >= 11 is 0. The van der Waals surface area contributed by atoms with E-state index in [0.29, 0.717) is 23.8 Å². The minimum absolute atomic E-state index is 0.210. The van der Waals surface area contributed by atoms with E-state index in [1.54, 1.807) is 13.8 Å². The van der Waals surface area contributed by atoms with Gasteiger partial charge in [0.1, 0.15) is 0 Å². The number of hydrogen-bond acceptors (Lipinski definition) is 7. The summed E-state index contributed by atoms with van der Waals surface area (Å²) in [4.78, 5) is 15.8. The monoisotopic (exact) mass is 328 g/mol. The fourth-order valence-electron chi connectivity index (χ4n) is 1.86. The van der Waals surface area contributed by atoms with Gasteiger partial charge in [-0.25, -0.2) is 0 Å². The van der Waals surface area contributed by atoms with Gasteiger partial charge in [-0.1, -0.05) is 0 Å². The first-order valence-electron chi connectivity index (χ1n) is 6.92. The van der Waals surface area contributed by atoms with Crippen LogP contribution >= 0.6 is 0 Å². The summed E-state index contributed by atoms with van der Waals surface area (Å²) in [6.07, 6.45) is 0. The Hall–Kier alpha value is -2.78. The molecule has 128 valence electrons. The highest BCUT2D eigenvalue weighted by atomic mass is 16.7. The second-order valence-corrected chi connectivity index (χ2v) is 4.34. The highest BCUT2D eigenvalue weighted by Gasteiger charge is 2.20. The number of hydrogen-bond donors (Lipinski definition) is 0. The number of nitro benzene ring substituents is 1. The highest BCUT2D eigenvalue weighted by Crippen LogP contribution is 2.34. The summed E-state index contributed by atoms with van der Waals surface area (Å²) in [5, 5.41) is 27.5. The van der Waals surface area contributed by atoms with E-state index in [4.69, 9.17) is 14.3 Å². The lowest BCUT2D eigenvalue weighted by molar-refractivity contribution is -0.710. The zero-order valence-electron chi connectivity index (χ0n) is 13.5. The third-order valence-electron chi connectivity index (χ3n) is 3.10. The quantitative estimate of drug-likeness (QED) is 0.296. The number of methoxy groups -OCH3 is 2. The molecule has 0 spiro atoms. The molecule has 0 saturated carbocycles. The van der Waals surface area contributed by atoms with Crippen molar-refractivity contribution in [1.29, 1.82) is 0 Å². The van der Waals surface area contributed by atoms with E-state index in [0.717, 1.165) is 0 Å². The molecule has 0 aliphatic heterocycles. The predicted octanol–water partition coefficient (Wildman–Crippen LogP) is 2.26. The summed E-state index contributed by atoms with van der Waals surface area (Å²) in [6, 6.07) is 2.65. The van der Waals surface area contributed by atoms with Crippen LogP contribution in [0.5, 0.6) is 11.5 Å². The first-order valence-corrected chi connectivity index (χ1v) is 6.92. The van der Waals surface area contributed by atoms with E-state index in [-0.39, 0.29) is 23.6 Å². The van der Waals surface area contributed by atoms with Crippen LogP contribution in [0, 0.1) is 15.3 Å². The second-order valence-electron chi connectivity index (χ2n) is 4.34. The molecule has 0 aliphatic rings. The summed E-state index contributed by atoms with van der Waals surface area (Å²) < 4.78 is 10.1. The fourth-order valence-corrected chi connectivity index (χ4v) is 1.86. The first-order chi connectivity index (χ1) is 11.0. The third kappa shape index (κ3) is 4.59. The SMILES string of the molecule is CCN(CC)/[N+]([O-])=N/OCc1cc(OC)c(OC)cc1[N+](=O)[O-]. The average molecular weight is 328 g/mol. The average Bonchev–Trinajstić information content (AvgIpc) is 2.55. The Morgan fingerprint density at radius 3 is 2.17 bits per heavy atom. The van der Waals surface area contributed by atoms with Crippen LogP contribution in [0.3, 0.4) is 0 Å². The third-order valence-corrected chi connectivity index (χ3v) is 3.10. The number of nitrogens with zero attached hydrogens (tertiary/aromatic N) is 4. The van der Waals surface area contributed by atoms with Crippen molar-refractivity contribution in [3.05, 3.63) is 33.0 Å². The molecule has 1 rings (SSSR count). The lowest BCUT2D eigenvalue weighted by Crippen LogP contribution is -2.30. The van der Waals surface area contributed by atoms with Gasteiger partial charge in [0.05, 0.1) is 48.8 Å². The molecule has 0 aromatic heterocycles. The van der Waals surface area contributed by atoms with Gasteiger partial charge in [0.15, 0.2) is 18.1 Å². The van der Waals surface area contributed by atoms with Crippen molar-refractivity contribution in [3.8, 4) is 11.5 Å². The van der Waals surface area contributed by atoms with E-state index in [9.17, 15) is 15.3 Å². The molecule has 1 aromatic carbocycles. The van der Waals surface area contributed by atoms with Crippen molar-refractivity contribution in [1.82, 2.24) is 5.01 Å². The van der Waals surface area contributed by atoms with Crippen LogP contribution in [-0.2, 0) is 11.4 Å². The standard InChI is InChI=1S/C13H20N4O6/c1-5-15(6-2)17(20)14-23-9-10-7-12(21-3)13(22-4)8-11(10)16(18)19/h7-8H,5-6,9H2,1-4H3/b17-14-. The van der Waals surface area contributed by atoms with E-state index in [2.05, 4.69) is 5.28 Å². The Morgan fingerprint density at radius 1 is 1.13 bits per heavy atom. The smallest absolute Gasteiger partial charge is 0.280 e. The molecule has 0 unspecified atom stereocenters. The van der Waals surface area contributed by atoms with Crippen LogP contribution in [0.4, 0.5) is 5.69 Å². The van der Waals surface area contributed by atoms with Crippen LogP contribution in [-0.4, -0.2) is 42.2 Å². The summed E-state index contributed by atoms with van der Waals surface area (Å²) in [7, 11) is 2.80. The number of nitro groups is 1. The lowest BCUT2D eigenvalue weighted by atomic mass is 10.1. The topological polar surface area (TPSA) is 113 Å². The van der Waals surface area contributed by atoms with Crippen molar-refractivity contribution < 1.29 is 24.2 Å². The van der Waals surface area contributed by atoms with Crippen LogP contribution in [0.15, 0.2) is 17.4 Å². The molecule has 23 heavy (non-hydrogen) atoms. The van der Waals surface area contributed by atoms with Crippen LogP contribution < -0.4 is 9.47 Å². The lowest BCUT2D eigenvalue weighted by Gasteiger charge is -2.13. The maximum Gasteiger partial charge on any atom is 0.280 e. The normalized spacial score (nSPS) is 11.0. The minimum Gasteiger partial charge on any atom is -0.569 e. The Morgan fingerprint density at radius 2 is 1.70 bits per heavy atom. The van der Waals surface area contributed by atoms with Gasteiger partial charge in [0.25, 0.3) is 5.69 Å². The maximum absolute atomic E-state index is 11.6. The van der Waals surface area contributed by atoms with E-state index in [1.807, 2.05) is 0 Å². The molecule has 0 heterocycles. The zero-order chi connectivity index (χ0) is 17.4. The molecule has 0 fully saturated rings. The van der Waals surface area contributed by atoms with Crippen LogP contribution in [0.25, 0.3) is 0 Å². The molecule has 10 heteroatoms. The van der Waals surface area contributed by atoms with Gasteiger partial charge in [-0.15, -0.1) is 5.01 Å². The Bertz CT molecular complexity index is 574. The van der Waals surface area contributed by atoms with Gasteiger partial charge in [0.2, 0.25) is 5.28 Å². The Balaban J connectivity index is 2.99. The molecule has 0 amide bonds. The Kier molecular flexibility index (Phi) is 6.84. The second kappa shape index (κ2) is 8.61. The fraction of sp³-hybridized carbons (Fsp3) is 0.538. The summed E-state index contributed by atoms with van der Waals surface area (Å²) in [5.74, 6) is 0.549. The molecule has 0 saturated heterocycles. The van der Waals surface area contributed by atoms with Gasteiger partial charge in [-0.05, 0) is 19.9 Å². The van der Waals surface area contributed by atoms with Gasteiger partial charge < -0.3 is 19.5 Å². The number of benzene rings is 1. The molecule has 1 aromatic rings. The summed E-state index contributed by atoms with van der Waals surface area (Å²) in [6.45, 7) is 4.26. The molecule has 10 nitrogen and oxygen atoms in total. The van der Waals surface area contributed by atoms with Crippen LogP contribution in [0.1, 0.15) is 19.4 Å². The number of hydrazine groups is 1. The molecule has 0 aliphatic carbocycles. The zero-order valence-corrected chi connectivity index (χ0v) is 13.5. The molecule has 0 N–H and O–H groups in total. The molecule has 0 atom stereocenters. The first kappa shape index (κ1) is 18.3. The molecule has 0 radical (unpaired) electrons. The van der Waals surface area contributed by atoms with Crippen molar-refractivity contribution in [2.75, 3.05) is 27.3 Å². The van der Waals surface area contributed by atoms with Gasteiger partial charge >= 0.3 is 0 Å². The largest absolute Gasteiger partial charge is 0.569 e. The van der Waals surface area contributed by atoms with Crippen molar-refractivity contribution >= 4 is 5.69 Å². The van der Waals surface area contributed by atoms with Crippen LogP contribution in [0.2, 0.25) is 0 Å². The van der Waals surface area contributed by atoms with Crippen molar-refractivity contribution in [3.63, 3.8) is 0 Å². The van der Waals surface area contributed by atoms with Crippen molar-refractivity contribution in [2.24, 2.45) is 5.28 Å². The van der Waals surface area contributed by atoms with Gasteiger partial charge in [0, 0.05) is 0 Å².